The highest BCUT2D eigenvalue weighted by Crippen LogP contribution is 2.45. The lowest BCUT2D eigenvalue weighted by Crippen LogP contribution is -2.30. The molecule has 2 N–H and O–H groups in total. The first kappa shape index (κ1) is 21.8. The van der Waals surface area contributed by atoms with E-state index in [-0.39, 0.29) is 5.92 Å². The van der Waals surface area contributed by atoms with Gasteiger partial charge in [0, 0.05) is 0 Å². The summed E-state index contributed by atoms with van der Waals surface area (Å²) in [7, 11) is 0. The van der Waals surface area contributed by atoms with Gasteiger partial charge in [0.25, 0.3) is 0 Å². The van der Waals surface area contributed by atoms with Crippen molar-refractivity contribution in [1.82, 2.24) is 5.48 Å². The van der Waals surface area contributed by atoms with Crippen LogP contribution in [0.4, 0.5) is 13.2 Å². The van der Waals surface area contributed by atoms with Crippen molar-refractivity contribution in [1.29, 1.82) is 0 Å². The van der Waals surface area contributed by atoms with E-state index in [2.05, 4.69) is 10.3 Å². The van der Waals surface area contributed by atoms with Crippen molar-refractivity contribution in [2.24, 2.45) is 0 Å². The third kappa shape index (κ3) is 4.18. The van der Waals surface area contributed by atoms with Crippen molar-refractivity contribution in [3.05, 3.63) is 82.4 Å². The minimum absolute atomic E-state index is 0.0607. The molecule has 0 aromatic heterocycles. The number of carboxylic acid groups (broad SMARTS) is 1. The Bertz CT molecular complexity index is 1210. The van der Waals surface area contributed by atoms with Gasteiger partial charge in [-0.2, -0.15) is 13.2 Å². The zero-order chi connectivity index (χ0) is 23.0. The van der Waals surface area contributed by atoms with Crippen molar-refractivity contribution >= 4 is 22.7 Å². The Kier molecular flexibility index (Phi) is 5.64. The van der Waals surface area contributed by atoms with Crippen LogP contribution in [-0.4, -0.2) is 17.0 Å². The van der Waals surface area contributed by atoms with Crippen LogP contribution in [-0.2, 0) is 33.4 Å². The molecule has 0 saturated heterocycles. The molecule has 0 heterocycles. The van der Waals surface area contributed by atoms with Gasteiger partial charge in [-0.3, -0.25) is 0 Å². The molecular formula is C24H20F3NO4. The first-order chi connectivity index (χ1) is 15.1. The topological polar surface area (TPSA) is 75.6 Å². The van der Waals surface area contributed by atoms with Gasteiger partial charge in [0.1, 0.15) is 0 Å². The number of hydrogen-bond donors (Lipinski definition) is 2. The van der Waals surface area contributed by atoms with Gasteiger partial charge in [-0.15, -0.1) is 5.48 Å². The number of carbonyl (C=O) groups excluding carboxylic acids is 1. The van der Waals surface area contributed by atoms with Crippen molar-refractivity contribution in [2.45, 2.75) is 37.9 Å². The molecule has 0 spiro atoms. The molecule has 0 amide bonds. The lowest BCUT2D eigenvalue weighted by Gasteiger charge is -2.35. The fraction of sp³-hybridized carbons (Fsp3) is 0.250. The SMILES string of the molecule is C[C@@H](NOC(=O)C(=O)O)c1c2c(cc3ccccc13)C(Cc1cccc(C(F)(F)F)c1)C2. The Labute approximate surface area is 181 Å². The average molecular weight is 443 g/mol. The molecule has 2 atom stereocenters. The number of hydroxylamine groups is 1. The Hall–Kier alpha value is -3.39. The van der Waals surface area contributed by atoms with E-state index >= 15 is 0 Å². The molecule has 0 aliphatic heterocycles. The molecule has 0 fully saturated rings. The molecule has 0 bridgehead atoms. The number of nitrogens with one attached hydrogen (secondary N) is 1. The van der Waals surface area contributed by atoms with Gasteiger partial charge in [-0.25, -0.2) is 9.59 Å². The van der Waals surface area contributed by atoms with Crippen LogP contribution in [0, 0.1) is 0 Å². The van der Waals surface area contributed by atoms with E-state index in [4.69, 9.17) is 5.11 Å². The molecule has 3 aromatic carbocycles. The molecule has 1 aliphatic rings. The zero-order valence-corrected chi connectivity index (χ0v) is 17.1. The van der Waals surface area contributed by atoms with E-state index in [1.807, 2.05) is 30.3 Å². The summed E-state index contributed by atoms with van der Waals surface area (Å²) in [6.07, 6.45) is -3.25. The van der Waals surface area contributed by atoms with E-state index in [0.29, 0.717) is 18.4 Å². The van der Waals surface area contributed by atoms with Crippen LogP contribution in [0.25, 0.3) is 10.8 Å². The molecule has 3 aromatic rings. The molecule has 1 aliphatic carbocycles. The third-order valence-corrected chi connectivity index (χ3v) is 5.80. The zero-order valence-electron chi connectivity index (χ0n) is 17.1. The summed E-state index contributed by atoms with van der Waals surface area (Å²) in [5.41, 5.74) is 5.42. The van der Waals surface area contributed by atoms with Crippen molar-refractivity contribution in [2.75, 3.05) is 0 Å². The predicted molar refractivity (Wildman–Crippen MR) is 111 cm³/mol. The number of carbonyl (C=O) groups is 2. The predicted octanol–water partition coefficient (Wildman–Crippen LogP) is 4.93. The molecular weight excluding hydrogens is 423 g/mol. The first-order valence-corrected chi connectivity index (χ1v) is 10.1. The maximum Gasteiger partial charge on any atom is 0.435 e. The Morgan fingerprint density at radius 1 is 1.16 bits per heavy atom. The van der Waals surface area contributed by atoms with Crippen LogP contribution in [0.2, 0.25) is 0 Å². The molecule has 5 nitrogen and oxygen atoms in total. The first-order valence-electron chi connectivity index (χ1n) is 10.1. The molecule has 0 radical (unpaired) electrons. The second-order valence-corrected chi connectivity index (χ2v) is 7.92. The lowest BCUT2D eigenvalue weighted by molar-refractivity contribution is -0.169. The summed E-state index contributed by atoms with van der Waals surface area (Å²) in [4.78, 5) is 26.7. The lowest BCUT2D eigenvalue weighted by atomic mass is 9.70. The Morgan fingerprint density at radius 3 is 2.62 bits per heavy atom. The number of alkyl halides is 3. The van der Waals surface area contributed by atoms with Crippen LogP contribution < -0.4 is 5.48 Å². The summed E-state index contributed by atoms with van der Waals surface area (Å²) in [5.74, 6) is -3.04. The van der Waals surface area contributed by atoms with E-state index in [0.717, 1.165) is 33.5 Å². The fourth-order valence-electron chi connectivity index (χ4n) is 4.34. The molecule has 32 heavy (non-hydrogen) atoms. The minimum Gasteiger partial charge on any atom is -0.473 e. The normalized spacial score (nSPS) is 16.2. The van der Waals surface area contributed by atoms with Gasteiger partial charge < -0.3 is 9.94 Å². The standard InChI is InChI=1S/C24H20F3NO4/c1-13(28-32-23(31)22(29)30)21-18-8-3-2-6-15(18)11-19-16(12-20(19)21)9-14-5-4-7-17(10-14)24(25,26)27/h2-8,10-11,13,16,28H,9,12H2,1H3,(H,29,30)/t13-,16?/m1/s1. The number of benzene rings is 3. The molecule has 0 saturated carbocycles. The number of halogens is 3. The van der Waals surface area contributed by atoms with Crippen molar-refractivity contribution in [3.63, 3.8) is 0 Å². The number of aliphatic carboxylic acids is 1. The van der Waals surface area contributed by atoms with Crippen LogP contribution >= 0.6 is 0 Å². The highest BCUT2D eigenvalue weighted by atomic mass is 19.4. The van der Waals surface area contributed by atoms with Gasteiger partial charge in [0.05, 0.1) is 11.6 Å². The number of fused-ring (bicyclic) bond motifs is 2. The van der Waals surface area contributed by atoms with Crippen LogP contribution in [0.5, 0.6) is 0 Å². The second-order valence-electron chi connectivity index (χ2n) is 7.92. The Morgan fingerprint density at radius 2 is 1.91 bits per heavy atom. The molecule has 1 unspecified atom stereocenters. The molecule has 166 valence electrons. The summed E-state index contributed by atoms with van der Waals surface area (Å²) in [5, 5.41) is 10.6. The highest BCUT2D eigenvalue weighted by molar-refractivity contribution is 6.28. The van der Waals surface area contributed by atoms with Crippen LogP contribution in [0.3, 0.4) is 0 Å². The van der Waals surface area contributed by atoms with Crippen LogP contribution in [0.1, 0.15) is 46.7 Å². The van der Waals surface area contributed by atoms with Gasteiger partial charge in [-0.05, 0) is 64.8 Å². The van der Waals surface area contributed by atoms with Crippen LogP contribution in [0.15, 0.2) is 54.6 Å². The van der Waals surface area contributed by atoms with Crippen molar-refractivity contribution < 1.29 is 32.7 Å². The summed E-state index contributed by atoms with van der Waals surface area (Å²) >= 11 is 0. The monoisotopic (exact) mass is 443 g/mol. The van der Waals surface area contributed by atoms with Gasteiger partial charge in [0.15, 0.2) is 0 Å². The van der Waals surface area contributed by atoms with Gasteiger partial charge in [-0.1, -0.05) is 48.5 Å². The smallest absolute Gasteiger partial charge is 0.435 e. The minimum atomic E-state index is -4.38. The maximum atomic E-state index is 13.1. The molecule has 4 rings (SSSR count). The summed E-state index contributed by atoms with van der Waals surface area (Å²) < 4.78 is 39.2. The average Bonchev–Trinajstić information content (AvgIpc) is 2.75. The van der Waals surface area contributed by atoms with E-state index in [9.17, 15) is 22.8 Å². The third-order valence-electron chi connectivity index (χ3n) is 5.80. The Balaban J connectivity index is 1.64. The van der Waals surface area contributed by atoms with Crippen molar-refractivity contribution in [3.8, 4) is 0 Å². The summed E-state index contributed by atoms with van der Waals surface area (Å²) in [6.45, 7) is 1.76. The van der Waals surface area contributed by atoms with Gasteiger partial charge in [0.2, 0.25) is 0 Å². The number of carboxylic acids is 1. The maximum absolute atomic E-state index is 13.1. The van der Waals surface area contributed by atoms with E-state index in [1.54, 1.807) is 13.0 Å². The van der Waals surface area contributed by atoms with Gasteiger partial charge >= 0.3 is 18.1 Å². The largest absolute Gasteiger partial charge is 0.473 e. The summed E-state index contributed by atoms with van der Waals surface area (Å²) in [6, 6.07) is 14.6. The fourth-order valence-corrected chi connectivity index (χ4v) is 4.34. The molecule has 8 heteroatoms. The highest BCUT2D eigenvalue weighted by Gasteiger charge is 2.34. The van der Waals surface area contributed by atoms with E-state index < -0.39 is 29.7 Å². The second kappa shape index (κ2) is 8.27. The quantitative estimate of drug-likeness (QED) is 0.432. The number of hydrogen-bond acceptors (Lipinski definition) is 4. The van der Waals surface area contributed by atoms with E-state index in [1.165, 1.54) is 12.1 Å². The number of rotatable bonds is 5.